The number of nitrogens with two attached hydrogens (primary N) is 1. The standard InChI is InChI=1S/C27H29NO10.ClH/c1-10-22(30)14(28)7-17(37-10)38-16-9-27(35,11(2)29)8-13-19(16)26(34)21-20(24(13)32)23(31)12-5-4-6-15(36-3)18(12)25(21)33;/h4-6,10,14,16-17,22,30,32,34-35H,7-9,28H2,1-3H3;1H/t10-,14+,16-,17-,22+,27-;/m0./s1. The van der Waals surface area contributed by atoms with Crippen LogP contribution < -0.4 is 10.5 Å². The molecule has 0 spiro atoms. The maximum atomic E-state index is 13.6. The molecule has 2 aromatic carbocycles. The fraction of sp³-hybridized carbons (Fsp3) is 0.444. The van der Waals surface area contributed by atoms with Crippen molar-refractivity contribution in [3.63, 3.8) is 0 Å². The van der Waals surface area contributed by atoms with Crippen LogP contribution in [-0.4, -0.2) is 75.0 Å². The summed E-state index contributed by atoms with van der Waals surface area (Å²) >= 11 is 0. The van der Waals surface area contributed by atoms with E-state index in [1.54, 1.807) is 6.92 Å². The number of carbonyl (C=O) groups is 3. The molecule has 2 aliphatic carbocycles. The molecule has 6 atom stereocenters. The Morgan fingerprint density at radius 1 is 1.13 bits per heavy atom. The second kappa shape index (κ2) is 10.2. The Hall–Kier alpha value is -3.06. The predicted octanol–water partition coefficient (Wildman–Crippen LogP) is 1.45. The summed E-state index contributed by atoms with van der Waals surface area (Å²) in [7, 11) is 1.34. The Morgan fingerprint density at radius 3 is 2.41 bits per heavy atom. The minimum absolute atomic E-state index is 0. The summed E-state index contributed by atoms with van der Waals surface area (Å²) in [4.78, 5) is 39.6. The molecule has 1 heterocycles. The largest absolute Gasteiger partial charge is 0.507 e. The van der Waals surface area contributed by atoms with Gasteiger partial charge < -0.3 is 40.4 Å². The second-order valence-corrected chi connectivity index (χ2v) is 10.1. The van der Waals surface area contributed by atoms with Crippen LogP contribution in [0.15, 0.2) is 18.2 Å². The Kier molecular flexibility index (Phi) is 7.54. The number of aromatic hydroxyl groups is 2. The predicted molar refractivity (Wildman–Crippen MR) is 138 cm³/mol. The highest BCUT2D eigenvalue weighted by Crippen LogP contribution is 2.52. The number of hydrogen-bond acceptors (Lipinski definition) is 11. The number of ketones is 3. The molecule has 1 saturated heterocycles. The zero-order valence-corrected chi connectivity index (χ0v) is 22.3. The zero-order valence-electron chi connectivity index (χ0n) is 21.5. The van der Waals surface area contributed by atoms with Crippen molar-refractivity contribution in [2.75, 3.05) is 7.11 Å². The maximum absolute atomic E-state index is 13.6. The summed E-state index contributed by atoms with van der Waals surface area (Å²) in [5.74, 6) is -3.18. The topological polar surface area (TPSA) is 186 Å². The van der Waals surface area contributed by atoms with Crippen molar-refractivity contribution in [3.8, 4) is 17.2 Å². The van der Waals surface area contributed by atoms with Gasteiger partial charge in [-0.25, -0.2) is 0 Å². The molecule has 1 fully saturated rings. The molecule has 11 nitrogen and oxygen atoms in total. The third-order valence-electron chi connectivity index (χ3n) is 7.80. The highest BCUT2D eigenvalue weighted by atomic mass is 35.5. The minimum Gasteiger partial charge on any atom is -0.507 e. The molecule has 0 amide bonds. The molecular weight excluding hydrogens is 534 g/mol. The van der Waals surface area contributed by atoms with Gasteiger partial charge in [-0.05, 0) is 19.9 Å². The summed E-state index contributed by atoms with van der Waals surface area (Å²) in [6.45, 7) is 2.79. The second-order valence-electron chi connectivity index (χ2n) is 10.1. The molecule has 0 bridgehead atoms. The number of phenolic OH excluding ortho intramolecular Hbond substituents is 2. The van der Waals surface area contributed by atoms with Crippen LogP contribution in [0, 0.1) is 0 Å². The number of carbonyl (C=O) groups excluding carboxylic acids is 3. The van der Waals surface area contributed by atoms with E-state index in [0.29, 0.717) is 0 Å². The number of aliphatic hydroxyl groups is 2. The number of aliphatic hydroxyl groups excluding tert-OH is 1. The molecule has 2 aromatic rings. The van der Waals surface area contributed by atoms with E-state index in [1.165, 1.54) is 32.2 Å². The van der Waals surface area contributed by atoms with Gasteiger partial charge in [0.1, 0.15) is 22.8 Å². The smallest absolute Gasteiger partial charge is 0.202 e. The van der Waals surface area contributed by atoms with Gasteiger partial charge in [0, 0.05) is 42.0 Å². The van der Waals surface area contributed by atoms with Crippen molar-refractivity contribution in [1.29, 1.82) is 0 Å². The lowest BCUT2D eigenvalue weighted by molar-refractivity contribution is -0.247. The zero-order chi connectivity index (χ0) is 27.7. The molecule has 0 aromatic heterocycles. The molecule has 12 heteroatoms. The Balaban J connectivity index is 0.00000353. The number of ether oxygens (including phenoxy) is 3. The van der Waals surface area contributed by atoms with Gasteiger partial charge in [-0.3, -0.25) is 14.4 Å². The number of Topliss-reactive ketones (excluding diaryl/α,β-unsaturated/α-hetero) is 1. The van der Waals surface area contributed by atoms with Crippen molar-refractivity contribution in [1.82, 2.24) is 0 Å². The lowest BCUT2D eigenvalue weighted by Gasteiger charge is -2.42. The van der Waals surface area contributed by atoms with Gasteiger partial charge in [-0.2, -0.15) is 0 Å². The fourth-order valence-electron chi connectivity index (χ4n) is 5.66. The molecular formula is C27H30ClNO10. The van der Waals surface area contributed by atoms with E-state index < -0.39 is 82.6 Å². The SMILES string of the molecule is COc1cccc2c1C(=O)c1c(O)c3c(c(O)c1C2=O)C[C@@](O)(C(C)=O)C[C@@H]3O[C@H]1C[C@@H](N)[C@H](O)[C@H](C)O1.Cl. The molecule has 39 heavy (non-hydrogen) atoms. The van der Waals surface area contributed by atoms with Gasteiger partial charge in [0.15, 0.2) is 17.9 Å². The van der Waals surface area contributed by atoms with E-state index in [4.69, 9.17) is 19.9 Å². The normalized spacial score (nSPS) is 29.5. The van der Waals surface area contributed by atoms with E-state index in [9.17, 15) is 34.8 Å². The highest BCUT2D eigenvalue weighted by Gasteiger charge is 2.49. The van der Waals surface area contributed by atoms with E-state index >= 15 is 0 Å². The van der Waals surface area contributed by atoms with E-state index in [0.717, 1.165) is 0 Å². The van der Waals surface area contributed by atoms with Crippen molar-refractivity contribution >= 4 is 29.8 Å². The van der Waals surface area contributed by atoms with Gasteiger partial charge in [0.2, 0.25) is 5.78 Å². The average molecular weight is 564 g/mol. The number of rotatable bonds is 4. The first-order valence-corrected chi connectivity index (χ1v) is 12.2. The summed E-state index contributed by atoms with van der Waals surface area (Å²) in [5, 5.41) is 44.1. The Bertz CT molecular complexity index is 1370. The Labute approximate surface area is 229 Å². The molecule has 210 valence electrons. The number of benzene rings is 2. The van der Waals surface area contributed by atoms with Crippen LogP contribution in [0.25, 0.3) is 0 Å². The fourth-order valence-corrected chi connectivity index (χ4v) is 5.66. The lowest BCUT2D eigenvalue weighted by atomic mass is 9.72. The first-order chi connectivity index (χ1) is 17.9. The summed E-state index contributed by atoms with van der Waals surface area (Å²) < 4.78 is 17.1. The number of phenols is 2. The maximum Gasteiger partial charge on any atom is 0.202 e. The van der Waals surface area contributed by atoms with Crippen molar-refractivity contribution in [2.45, 2.75) is 69.4 Å². The van der Waals surface area contributed by atoms with Crippen molar-refractivity contribution in [3.05, 3.63) is 51.6 Å². The first-order valence-electron chi connectivity index (χ1n) is 12.2. The van der Waals surface area contributed by atoms with E-state index in [-0.39, 0.29) is 53.3 Å². The van der Waals surface area contributed by atoms with E-state index in [2.05, 4.69) is 0 Å². The van der Waals surface area contributed by atoms with Crippen LogP contribution in [0.4, 0.5) is 0 Å². The molecule has 0 saturated carbocycles. The van der Waals surface area contributed by atoms with Gasteiger partial charge in [-0.1, -0.05) is 12.1 Å². The van der Waals surface area contributed by atoms with Gasteiger partial charge in [0.25, 0.3) is 0 Å². The first kappa shape index (κ1) is 28.9. The van der Waals surface area contributed by atoms with Crippen LogP contribution in [-0.2, 0) is 20.7 Å². The number of halogens is 1. The number of methoxy groups -OCH3 is 1. The number of hydrogen-bond donors (Lipinski definition) is 5. The molecule has 0 radical (unpaired) electrons. The summed E-state index contributed by atoms with van der Waals surface area (Å²) in [6, 6.07) is 3.75. The van der Waals surface area contributed by atoms with Gasteiger partial charge in [-0.15, -0.1) is 12.4 Å². The average Bonchev–Trinajstić information content (AvgIpc) is 2.87. The summed E-state index contributed by atoms with van der Waals surface area (Å²) in [6.07, 6.45) is -4.53. The molecule has 1 aliphatic heterocycles. The molecule has 3 aliphatic rings. The van der Waals surface area contributed by atoms with Crippen LogP contribution in [0.5, 0.6) is 17.2 Å². The lowest BCUT2D eigenvalue weighted by Crippen LogP contribution is -2.52. The quantitative estimate of drug-likeness (QED) is 0.289. The van der Waals surface area contributed by atoms with Crippen LogP contribution >= 0.6 is 12.4 Å². The third-order valence-corrected chi connectivity index (χ3v) is 7.80. The molecule has 6 N–H and O–H groups in total. The van der Waals surface area contributed by atoms with Crippen LogP contribution in [0.3, 0.4) is 0 Å². The van der Waals surface area contributed by atoms with Gasteiger partial charge >= 0.3 is 0 Å². The molecule has 0 unspecified atom stereocenters. The number of fused-ring (bicyclic) bond motifs is 3. The third kappa shape index (κ3) is 4.39. The van der Waals surface area contributed by atoms with E-state index in [1.807, 2.05) is 0 Å². The Morgan fingerprint density at radius 2 is 1.79 bits per heavy atom. The molecule has 5 rings (SSSR count). The van der Waals surface area contributed by atoms with Crippen molar-refractivity contribution < 1.29 is 49.0 Å². The monoisotopic (exact) mass is 563 g/mol. The minimum atomic E-state index is -2.00. The van der Waals surface area contributed by atoms with Crippen LogP contribution in [0.1, 0.15) is 75.8 Å². The highest BCUT2D eigenvalue weighted by molar-refractivity contribution is 6.31. The van der Waals surface area contributed by atoms with Crippen LogP contribution in [0.2, 0.25) is 0 Å². The van der Waals surface area contributed by atoms with Crippen molar-refractivity contribution in [2.24, 2.45) is 5.73 Å². The van der Waals surface area contributed by atoms with Gasteiger partial charge in [0.05, 0.1) is 42.1 Å². The summed E-state index contributed by atoms with van der Waals surface area (Å²) in [5.41, 5.74) is 2.97.